The Morgan fingerprint density at radius 2 is 1.86 bits per heavy atom. The lowest BCUT2D eigenvalue weighted by atomic mass is 10.0. The molecule has 0 saturated carbocycles. The summed E-state index contributed by atoms with van der Waals surface area (Å²) < 4.78 is 36.7. The highest BCUT2D eigenvalue weighted by molar-refractivity contribution is 7.98. The maximum Gasteiger partial charge on any atom is 0.260 e. The van der Waals surface area contributed by atoms with Gasteiger partial charge >= 0.3 is 0 Å². The van der Waals surface area contributed by atoms with Crippen molar-refractivity contribution in [2.45, 2.75) is 25.7 Å². The van der Waals surface area contributed by atoms with E-state index < -0.39 is 17.2 Å². The molecule has 0 amide bonds. The molecule has 1 fully saturated rings. The van der Waals surface area contributed by atoms with E-state index in [2.05, 4.69) is 36.4 Å². The quantitative estimate of drug-likeness (QED) is 0.226. The third-order valence-electron chi connectivity index (χ3n) is 6.43. The Bertz CT molecular complexity index is 1460. The monoisotopic (exact) mass is 522 g/mol. The average Bonchev–Trinajstić information content (AvgIpc) is 3.43. The topological polar surface area (TPSA) is 75.1 Å². The zero-order valence-electron chi connectivity index (χ0n) is 20.5. The number of nitrogens with zero attached hydrogens (tertiary/aromatic N) is 4. The number of hydrogen-bond acceptors (Lipinski definition) is 7. The summed E-state index contributed by atoms with van der Waals surface area (Å²) in [5.74, 6) is -1.21. The van der Waals surface area contributed by atoms with Gasteiger partial charge in [-0.3, -0.25) is 9.36 Å². The minimum Gasteiger partial charge on any atom is -0.354 e. The van der Waals surface area contributed by atoms with Crippen molar-refractivity contribution in [3.63, 3.8) is 0 Å². The zero-order chi connectivity index (χ0) is 25.8. The number of anilines is 2. The molecule has 1 aliphatic rings. The molecule has 0 aliphatic carbocycles. The summed E-state index contributed by atoms with van der Waals surface area (Å²) in [4.78, 5) is 22.0. The van der Waals surface area contributed by atoms with Crippen molar-refractivity contribution < 1.29 is 8.78 Å². The van der Waals surface area contributed by atoms with Crippen LogP contribution in [0.1, 0.15) is 24.8 Å². The summed E-state index contributed by atoms with van der Waals surface area (Å²) in [7, 11) is 1.54. The fourth-order valence-corrected chi connectivity index (χ4v) is 5.25. The Balaban J connectivity index is 1.37. The Kier molecular flexibility index (Phi) is 7.66. The van der Waals surface area contributed by atoms with Gasteiger partial charge in [-0.15, -0.1) is 0 Å². The second-order valence-corrected chi connectivity index (χ2v) is 9.93. The molecule has 7 nitrogen and oxygen atoms in total. The number of halogens is 2. The van der Waals surface area contributed by atoms with Gasteiger partial charge < -0.3 is 10.0 Å². The van der Waals surface area contributed by atoms with Gasteiger partial charge in [0, 0.05) is 50.4 Å². The molecular formula is C27H28F2N6OS. The van der Waals surface area contributed by atoms with Crippen LogP contribution in [0.25, 0.3) is 22.2 Å². The van der Waals surface area contributed by atoms with Crippen LogP contribution in [0.15, 0.2) is 59.5 Å². The first kappa shape index (κ1) is 25.2. The van der Waals surface area contributed by atoms with Gasteiger partial charge in [-0.2, -0.15) is 4.98 Å². The molecule has 37 heavy (non-hydrogen) atoms. The summed E-state index contributed by atoms with van der Waals surface area (Å²) >= 11 is 1.29. The van der Waals surface area contributed by atoms with Crippen molar-refractivity contribution in [1.29, 1.82) is 0 Å². The SMILES string of the molecule is Cn1c(=O)c(-c2c(F)ccc(NSN3CCCC3)c2F)cc2cnc(NCCCc3ccccc3)nc21. The van der Waals surface area contributed by atoms with Crippen LogP contribution in [0.5, 0.6) is 0 Å². The number of hydrogen-bond donors (Lipinski definition) is 2. The van der Waals surface area contributed by atoms with Crippen LogP contribution in [0, 0.1) is 11.6 Å². The second kappa shape index (κ2) is 11.3. The lowest BCUT2D eigenvalue weighted by Gasteiger charge is -2.16. The molecule has 10 heteroatoms. The molecule has 0 unspecified atom stereocenters. The summed E-state index contributed by atoms with van der Waals surface area (Å²) in [6.07, 6.45) is 5.55. The summed E-state index contributed by atoms with van der Waals surface area (Å²) in [6.45, 7) is 2.48. The van der Waals surface area contributed by atoms with E-state index in [-0.39, 0.29) is 16.8 Å². The highest BCUT2D eigenvalue weighted by Crippen LogP contribution is 2.32. The predicted octanol–water partition coefficient (Wildman–Crippen LogP) is 5.39. The molecule has 1 aliphatic heterocycles. The maximum absolute atomic E-state index is 15.4. The van der Waals surface area contributed by atoms with Crippen LogP contribution in [-0.4, -0.2) is 38.5 Å². The van der Waals surface area contributed by atoms with Gasteiger partial charge in [-0.25, -0.2) is 18.1 Å². The third kappa shape index (κ3) is 5.60. The molecule has 2 aromatic heterocycles. The van der Waals surface area contributed by atoms with Crippen molar-refractivity contribution in [3.8, 4) is 11.1 Å². The number of aromatic nitrogens is 3. The van der Waals surface area contributed by atoms with Gasteiger partial charge in [0.15, 0.2) is 5.82 Å². The standard InChI is InChI=1S/C27H28F2N6OS/c1-34-25-19(17-31-27(32-25)30-13-7-10-18-8-3-2-4-9-18)16-20(26(34)36)23-21(28)11-12-22(24(23)29)33-37-35-14-5-6-15-35/h2-4,8-9,11-12,16-17,33H,5-7,10,13-15H2,1H3,(H,30,31,32). The van der Waals surface area contributed by atoms with Crippen molar-refractivity contribution >= 4 is 34.8 Å². The van der Waals surface area contributed by atoms with Crippen LogP contribution in [0.4, 0.5) is 20.4 Å². The Hall–Kier alpha value is -3.50. The second-order valence-electron chi connectivity index (χ2n) is 9.02. The van der Waals surface area contributed by atoms with E-state index in [1.807, 2.05) is 18.2 Å². The lowest BCUT2D eigenvalue weighted by molar-refractivity contribution is 0.585. The van der Waals surface area contributed by atoms with Crippen molar-refractivity contribution in [1.82, 2.24) is 18.8 Å². The minimum absolute atomic E-state index is 0.0769. The van der Waals surface area contributed by atoms with Gasteiger partial charge in [-0.05, 0) is 49.4 Å². The maximum atomic E-state index is 15.4. The molecule has 0 radical (unpaired) electrons. The van der Waals surface area contributed by atoms with Gasteiger partial charge in [0.2, 0.25) is 5.95 Å². The molecule has 0 bridgehead atoms. The number of benzene rings is 2. The van der Waals surface area contributed by atoms with Gasteiger partial charge in [0.1, 0.15) is 11.5 Å². The Labute approximate surface area is 218 Å². The number of nitrogens with one attached hydrogen (secondary N) is 2. The molecule has 5 rings (SSSR count). The molecule has 2 N–H and O–H groups in total. The van der Waals surface area contributed by atoms with Gasteiger partial charge in [0.05, 0.1) is 16.8 Å². The summed E-state index contributed by atoms with van der Waals surface area (Å²) in [6, 6.07) is 14.2. The van der Waals surface area contributed by atoms with Crippen LogP contribution in [-0.2, 0) is 13.5 Å². The minimum atomic E-state index is -0.805. The van der Waals surface area contributed by atoms with Gasteiger partial charge in [-0.1, -0.05) is 30.3 Å². The lowest BCUT2D eigenvalue weighted by Crippen LogP contribution is -2.21. The number of fused-ring (bicyclic) bond motifs is 1. The van der Waals surface area contributed by atoms with Crippen LogP contribution in [0.3, 0.4) is 0 Å². The first-order chi connectivity index (χ1) is 18.0. The van der Waals surface area contributed by atoms with E-state index in [4.69, 9.17) is 0 Å². The molecule has 0 spiro atoms. The Morgan fingerprint density at radius 1 is 1.08 bits per heavy atom. The van der Waals surface area contributed by atoms with E-state index in [9.17, 15) is 9.18 Å². The van der Waals surface area contributed by atoms with E-state index in [0.717, 1.165) is 38.8 Å². The van der Waals surface area contributed by atoms with E-state index in [1.54, 1.807) is 13.2 Å². The van der Waals surface area contributed by atoms with Crippen LogP contribution in [0.2, 0.25) is 0 Å². The highest BCUT2D eigenvalue weighted by atomic mass is 32.2. The summed E-state index contributed by atoms with van der Waals surface area (Å²) in [5.41, 5.74) is 0.788. The molecular weight excluding hydrogens is 494 g/mol. The fraction of sp³-hybridized carbons (Fsp3) is 0.296. The molecule has 0 atom stereocenters. The molecule has 192 valence electrons. The van der Waals surface area contributed by atoms with Crippen LogP contribution >= 0.6 is 12.1 Å². The largest absolute Gasteiger partial charge is 0.354 e. The smallest absolute Gasteiger partial charge is 0.260 e. The zero-order valence-corrected chi connectivity index (χ0v) is 21.3. The van der Waals surface area contributed by atoms with Crippen molar-refractivity contribution in [3.05, 3.63) is 82.3 Å². The van der Waals surface area contributed by atoms with E-state index >= 15 is 4.39 Å². The summed E-state index contributed by atoms with van der Waals surface area (Å²) in [5, 5.41) is 3.70. The first-order valence-corrected chi connectivity index (χ1v) is 13.1. The Morgan fingerprint density at radius 3 is 2.65 bits per heavy atom. The van der Waals surface area contributed by atoms with Crippen molar-refractivity contribution in [2.24, 2.45) is 7.05 Å². The number of aryl methyl sites for hydroxylation is 2. The average molecular weight is 523 g/mol. The highest BCUT2D eigenvalue weighted by Gasteiger charge is 2.21. The normalized spacial score (nSPS) is 13.8. The van der Waals surface area contributed by atoms with E-state index in [0.29, 0.717) is 23.5 Å². The first-order valence-electron chi connectivity index (χ1n) is 12.3. The van der Waals surface area contributed by atoms with E-state index in [1.165, 1.54) is 40.5 Å². The fourth-order valence-electron chi connectivity index (χ4n) is 4.42. The molecule has 2 aromatic carbocycles. The van der Waals surface area contributed by atoms with Crippen molar-refractivity contribution in [2.75, 3.05) is 29.7 Å². The van der Waals surface area contributed by atoms with Gasteiger partial charge in [0.25, 0.3) is 5.56 Å². The third-order valence-corrected chi connectivity index (χ3v) is 7.36. The number of pyridine rings is 1. The molecule has 3 heterocycles. The molecule has 1 saturated heterocycles. The number of rotatable bonds is 9. The molecule has 4 aromatic rings. The predicted molar refractivity (Wildman–Crippen MR) is 145 cm³/mol. The van der Waals surface area contributed by atoms with Crippen LogP contribution < -0.4 is 15.6 Å².